The van der Waals surface area contributed by atoms with Crippen molar-refractivity contribution in [2.24, 2.45) is 0 Å². The largest absolute Gasteiger partial charge is 0.477 e. The zero-order valence-electron chi connectivity index (χ0n) is 11.0. The molecule has 0 atom stereocenters. The van der Waals surface area contributed by atoms with Crippen molar-refractivity contribution in [3.05, 3.63) is 15.8 Å². The molecule has 2 rings (SSSR count). The summed E-state index contributed by atoms with van der Waals surface area (Å²) in [6, 6.07) is 1.17. The van der Waals surface area contributed by atoms with Crippen molar-refractivity contribution in [3.63, 3.8) is 0 Å². The molecule has 1 aliphatic carbocycles. The molecule has 1 aromatic heterocycles. The van der Waals surface area contributed by atoms with Gasteiger partial charge in [-0.15, -0.1) is 11.3 Å². The molecule has 1 saturated carbocycles. The second-order valence-corrected chi connectivity index (χ2v) is 7.99. The molecule has 0 radical (unpaired) electrons. The topological polar surface area (TPSA) is 104 Å². The number of aliphatic hydroxyl groups excluding tert-OH is 1. The molecule has 0 unspecified atom stereocenters. The van der Waals surface area contributed by atoms with Crippen LogP contribution in [0, 0.1) is 6.92 Å². The maximum atomic E-state index is 12.4. The van der Waals surface area contributed by atoms with Gasteiger partial charge in [-0.25, -0.2) is 17.9 Å². The quantitative estimate of drug-likeness (QED) is 0.760. The first-order valence-electron chi connectivity index (χ1n) is 6.28. The van der Waals surface area contributed by atoms with E-state index in [9.17, 15) is 18.3 Å². The highest BCUT2D eigenvalue weighted by atomic mass is 32.2. The number of thiophene rings is 1. The van der Waals surface area contributed by atoms with Crippen LogP contribution in [0.15, 0.2) is 11.0 Å². The average molecular weight is 319 g/mol. The summed E-state index contributed by atoms with van der Waals surface area (Å²) < 4.78 is 27.4. The highest BCUT2D eigenvalue weighted by Gasteiger charge is 2.38. The van der Waals surface area contributed by atoms with Crippen molar-refractivity contribution in [2.45, 2.75) is 43.0 Å². The van der Waals surface area contributed by atoms with Gasteiger partial charge in [0, 0.05) is 4.88 Å². The third-order valence-corrected chi connectivity index (χ3v) is 6.46. The zero-order valence-corrected chi connectivity index (χ0v) is 12.7. The molecular formula is C12H17NO5S2. The fourth-order valence-electron chi connectivity index (χ4n) is 2.52. The normalized spacial score (nSPS) is 18.3. The lowest BCUT2D eigenvalue weighted by Crippen LogP contribution is -2.49. The van der Waals surface area contributed by atoms with Gasteiger partial charge in [0.25, 0.3) is 0 Å². The van der Waals surface area contributed by atoms with Crippen LogP contribution in [0.25, 0.3) is 0 Å². The Hall–Kier alpha value is -0.960. The van der Waals surface area contributed by atoms with Gasteiger partial charge < -0.3 is 10.2 Å². The standard InChI is InChI=1S/C12H17NO5S2/c1-8-10(6-9(19-8)11(15)16)20(17,18)13-12(7-14)4-2-3-5-12/h6,13-14H,2-5,7H2,1H3,(H,15,16). The van der Waals surface area contributed by atoms with Crippen LogP contribution in [0.3, 0.4) is 0 Å². The molecule has 0 aromatic carbocycles. The number of aryl methyl sites for hydroxylation is 1. The number of nitrogens with one attached hydrogen (secondary N) is 1. The Bertz CT molecular complexity index is 614. The van der Waals surface area contributed by atoms with Gasteiger partial charge in [0.2, 0.25) is 10.0 Å². The molecule has 1 aliphatic rings. The average Bonchev–Trinajstić information content (AvgIpc) is 2.96. The minimum absolute atomic E-state index is 0.00709. The van der Waals surface area contributed by atoms with Crippen LogP contribution in [-0.4, -0.2) is 36.7 Å². The first-order chi connectivity index (χ1) is 9.30. The lowest BCUT2D eigenvalue weighted by atomic mass is 10.0. The summed E-state index contributed by atoms with van der Waals surface area (Å²) in [6.07, 6.45) is 2.92. The van der Waals surface area contributed by atoms with Crippen molar-refractivity contribution in [3.8, 4) is 0 Å². The SMILES string of the molecule is Cc1sc(C(=O)O)cc1S(=O)(=O)NC1(CO)CCCC1. The summed E-state index contributed by atoms with van der Waals surface area (Å²) in [5, 5.41) is 18.4. The molecule has 1 aromatic rings. The number of carboxylic acids is 1. The third-order valence-electron chi connectivity index (χ3n) is 3.59. The number of hydrogen-bond donors (Lipinski definition) is 3. The van der Waals surface area contributed by atoms with Crippen LogP contribution in [0.4, 0.5) is 0 Å². The number of rotatable bonds is 5. The van der Waals surface area contributed by atoms with Crippen molar-refractivity contribution in [1.29, 1.82) is 0 Å². The number of aliphatic hydroxyl groups is 1. The molecule has 20 heavy (non-hydrogen) atoms. The van der Waals surface area contributed by atoms with E-state index in [1.165, 1.54) is 6.07 Å². The second-order valence-electron chi connectivity index (χ2n) is 5.09. The first-order valence-corrected chi connectivity index (χ1v) is 8.58. The molecule has 1 fully saturated rings. The second kappa shape index (κ2) is 5.44. The van der Waals surface area contributed by atoms with Crippen LogP contribution in [0.5, 0.6) is 0 Å². The number of carboxylic acid groups (broad SMARTS) is 1. The van der Waals surface area contributed by atoms with E-state index in [2.05, 4.69) is 4.72 Å². The zero-order chi connectivity index (χ0) is 15.0. The van der Waals surface area contributed by atoms with Gasteiger partial charge in [0.15, 0.2) is 0 Å². The summed E-state index contributed by atoms with van der Waals surface area (Å²) in [5.41, 5.74) is -0.809. The van der Waals surface area contributed by atoms with E-state index in [-0.39, 0.29) is 16.4 Å². The van der Waals surface area contributed by atoms with Gasteiger partial charge in [-0.05, 0) is 25.8 Å². The number of carbonyl (C=O) groups is 1. The van der Waals surface area contributed by atoms with Crippen molar-refractivity contribution in [1.82, 2.24) is 4.72 Å². The Morgan fingerprint density at radius 3 is 2.50 bits per heavy atom. The smallest absolute Gasteiger partial charge is 0.345 e. The monoisotopic (exact) mass is 319 g/mol. The first kappa shape index (κ1) is 15.4. The third kappa shape index (κ3) is 2.88. The fraction of sp³-hybridized carbons (Fsp3) is 0.583. The maximum absolute atomic E-state index is 12.4. The number of sulfonamides is 1. The summed E-state index contributed by atoms with van der Waals surface area (Å²) in [5.74, 6) is -1.14. The van der Waals surface area contributed by atoms with Gasteiger partial charge in [0.05, 0.1) is 17.0 Å². The van der Waals surface area contributed by atoms with E-state index in [0.717, 1.165) is 24.2 Å². The Balaban J connectivity index is 2.33. The number of aromatic carboxylic acids is 1. The molecule has 3 N–H and O–H groups in total. The van der Waals surface area contributed by atoms with E-state index in [4.69, 9.17) is 5.11 Å². The summed E-state index contributed by atoms with van der Waals surface area (Å²) >= 11 is 0.933. The van der Waals surface area contributed by atoms with E-state index in [1.54, 1.807) is 6.92 Å². The van der Waals surface area contributed by atoms with Crippen LogP contribution >= 0.6 is 11.3 Å². The van der Waals surface area contributed by atoms with Crippen molar-refractivity contribution in [2.75, 3.05) is 6.61 Å². The van der Waals surface area contributed by atoms with Crippen molar-refractivity contribution < 1.29 is 23.4 Å². The molecule has 1 heterocycles. The molecule has 0 aliphatic heterocycles. The van der Waals surface area contributed by atoms with Gasteiger partial charge >= 0.3 is 5.97 Å². The van der Waals surface area contributed by atoms with E-state index in [0.29, 0.717) is 17.7 Å². The van der Waals surface area contributed by atoms with Crippen LogP contribution in [0.2, 0.25) is 0 Å². The van der Waals surface area contributed by atoms with E-state index < -0.39 is 21.5 Å². The molecule has 0 bridgehead atoms. The molecule has 8 heteroatoms. The maximum Gasteiger partial charge on any atom is 0.345 e. The summed E-state index contributed by atoms with van der Waals surface area (Å²) in [7, 11) is -3.82. The molecule has 112 valence electrons. The Morgan fingerprint density at radius 1 is 1.45 bits per heavy atom. The lowest BCUT2D eigenvalue weighted by Gasteiger charge is -2.27. The Kier molecular flexibility index (Phi) is 4.19. The van der Waals surface area contributed by atoms with Gasteiger partial charge in [0.1, 0.15) is 4.88 Å². The lowest BCUT2D eigenvalue weighted by molar-refractivity contribution is 0.0702. The Morgan fingerprint density at radius 2 is 2.05 bits per heavy atom. The molecule has 0 spiro atoms. The Labute approximate surface area is 121 Å². The van der Waals surface area contributed by atoms with Gasteiger partial charge in [-0.1, -0.05) is 12.8 Å². The van der Waals surface area contributed by atoms with E-state index in [1.807, 2.05) is 0 Å². The summed E-state index contributed by atoms with van der Waals surface area (Å²) in [4.78, 5) is 11.3. The van der Waals surface area contributed by atoms with Crippen molar-refractivity contribution >= 4 is 27.3 Å². The molecule has 0 amide bonds. The molecule has 0 saturated heterocycles. The molecule has 6 nitrogen and oxygen atoms in total. The predicted molar refractivity (Wildman–Crippen MR) is 74.6 cm³/mol. The minimum Gasteiger partial charge on any atom is -0.477 e. The minimum atomic E-state index is -3.82. The fourth-order valence-corrected chi connectivity index (χ4v) is 5.40. The van der Waals surface area contributed by atoms with Gasteiger partial charge in [-0.2, -0.15) is 0 Å². The summed E-state index contributed by atoms with van der Waals surface area (Å²) in [6.45, 7) is 1.33. The van der Waals surface area contributed by atoms with Crippen LogP contribution < -0.4 is 4.72 Å². The van der Waals surface area contributed by atoms with Crippen LogP contribution in [0.1, 0.15) is 40.2 Å². The van der Waals surface area contributed by atoms with E-state index >= 15 is 0 Å². The van der Waals surface area contributed by atoms with Gasteiger partial charge in [-0.3, -0.25) is 0 Å². The highest BCUT2D eigenvalue weighted by molar-refractivity contribution is 7.89. The number of hydrogen-bond acceptors (Lipinski definition) is 5. The predicted octanol–water partition coefficient (Wildman–Crippen LogP) is 1.34. The van der Waals surface area contributed by atoms with Crippen LogP contribution in [-0.2, 0) is 10.0 Å². The molecular weight excluding hydrogens is 302 g/mol. The highest BCUT2D eigenvalue weighted by Crippen LogP contribution is 2.32.